The molecule has 0 aromatic rings. The van der Waals surface area contributed by atoms with Crippen LogP contribution in [0.4, 0.5) is 0 Å². The lowest BCUT2D eigenvalue weighted by Crippen LogP contribution is -2.43. The standard InChI is InChI=1S/C14H26N2O/c1-14(2,13(17)15-3)9-16-8-12-7-10-4-5-11(12)6-10/h10-12,16H,4-9H2,1-3H3,(H,15,17). The van der Waals surface area contributed by atoms with Crippen molar-refractivity contribution in [3.05, 3.63) is 0 Å². The van der Waals surface area contributed by atoms with Crippen molar-refractivity contribution in [2.75, 3.05) is 20.1 Å². The van der Waals surface area contributed by atoms with Gasteiger partial charge >= 0.3 is 0 Å². The van der Waals surface area contributed by atoms with Crippen molar-refractivity contribution in [1.29, 1.82) is 0 Å². The minimum Gasteiger partial charge on any atom is -0.359 e. The lowest BCUT2D eigenvalue weighted by molar-refractivity contribution is -0.128. The second-order valence-corrected chi connectivity index (χ2v) is 6.53. The number of nitrogens with one attached hydrogen (secondary N) is 2. The first-order chi connectivity index (χ1) is 8.03. The summed E-state index contributed by atoms with van der Waals surface area (Å²) in [7, 11) is 1.71. The Morgan fingerprint density at radius 2 is 2.06 bits per heavy atom. The number of amides is 1. The monoisotopic (exact) mass is 238 g/mol. The van der Waals surface area contributed by atoms with Crippen LogP contribution in [-0.2, 0) is 4.79 Å². The van der Waals surface area contributed by atoms with Gasteiger partial charge in [-0.15, -0.1) is 0 Å². The first kappa shape index (κ1) is 12.9. The van der Waals surface area contributed by atoms with Crippen LogP contribution in [0.5, 0.6) is 0 Å². The van der Waals surface area contributed by atoms with Gasteiger partial charge in [-0.05, 0) is 57.4 Å². The fraction of sp³-hybridized carbons (Fsp3) is 0.929. The Labute approximate surface area is 105 Å². The van der Waals surface area contributed by atoms with E-state index in [1.807, 2.05) is 13.8 Å². The Morgan fingerprint density at radius 1 is 1.29 bits per heavy atom. The fourth-order valence-electron chi connectivity index (χ4n) is 3.62. The van der Waals surface area contributed by atoms with Gasteiger partial charge in [0.1, 0.15) is 0 Å². The first-order valence-electron chi connectivity index (χ1n) is 6.96. The van der Waals surface area contributed by atoms with Crippen molar-refractivity contribution in [2.24, 2.45) is 23.2 Å². The predicted molar refractivity (Wildman–Crippen MR) is 69.7 cm³/mol. The first-order valence-corrected chi connectivity index (χ1v) is 6.96. The Hall–Kier alpha value is -0.570. The Morgan fingerprint density at radius 3 is 2.59 bits per heavy atom. The van der Waals surface area contributed by atoms with Crippen LogP contribution in [0.1, 0.15) is 39.5 Å². The zero-order valence-electron chi connectivity index (χ0n) is 11.4. The van der Waals surface area contributed by atoms with Gasteiger partial charge in [-0.25, -0.2) is 0 Å². The molecule has 17 heavy (non-hydrogen) atoms. The molecule has 3 heteroatoms. The number of fused-ring (bicyclic) bond motifs is 2. The molecule has 3 atom stereocenters. The van der Waals surface area contributed by atoms with E-state index in [-0.39, 0.29) is 11.3 Å². The third-order valence-corrected chi connectivity index (χ3v) is 4.70. The van der Waals surface area contributed by atoms with Gasteiger partial charge in [0.05, 0.1) is 5.41 Å². The van der Waals surface area contributed by atoms with Crippen LogP contribution in [0.15, 0.2) is 0 Å². The molecule has 2 aliphatic carbocycles. The third-order valence-electron chi connectivity index (χ3n) is 4.70. The molecule has 0 aromatic heterocycles. The molecule has 0 aliphatic heterocycles. The summed E-state index contributed by atoms with van der Waals surface area (Å²) in [6.45, 7) is 5.88. The quantitative estimate of drug-likeness (QED) is 0.766. The second kappa shape index (κ2) is 4.97. The summed E-state index contributed by atoms with van der Waals surface area (Å²) in [6.07, 6.45) is 5.78. The fourth-order valence-corrected chi connectivity index (χ4v) is 3.62. The van der Waals surface area contributed by atoms with Crippen molar-refractivity contribution in [3.63, 3.8) is 0 Å². The summed E-state index contributed by atoms with van der Waals surface area (Å²) in [5, 5.41) is 6.24. The normalized spacial score (nSPS) is 31.8. The smallest absolute Gasteiger partial charge is 0.226 e. The molecule has 98 valence electrons. The van der Waals surface area contributed by atoms with Crippen LogP contribution in [0.3, 0.4) is 0 Å². The zero-order valence-corrected chi connectivity index (χ0v) is 11.4. The maximum Gasteiger partial charge on any atom is 0.226 e. The molecule has 2 saturated carbocycles. The van der Waals surface area contributed by atoms with Gasteiger partial charge in [-0.2, -0.15) is 0 Å². The highest BCUT2D eigenvalue weighted by Crippen LogP contribution is 2.47. The average molecular weight is 238 g/mol. The van der Waals surface area contributed by atoms with E-state index < -0.39 is 0 Å². The van der Waals surface area contributed by atoms with E-state index >= 15 is 0 Å². The minimum atomic E-state index is -0.299. The molecule has 0 aromatic carbocycles. The lowest BCUT2D eigenvalue weighted by Gasteiger charge is -2.26. The highest BCUT2D eigenvalue weighted by molar-refractivity contribution is 5.81. The second-order valence-electron chi connectivity index (χ2n) is 6.53. The lowest BCUT2D eigenvalue weighted by atomic mass is 9.88. The van der Waals surface area contributed by atoms with Gasteiger partial charge in [0.25, 0.3) is 0 Å². The highest BCUT2D eigenvalue weighted by atomic mass is 16.2. The van der Waals surface area contributed by atoms with Crippen molar-refractivity contribution in [2.45, 2.75) is 39.5 Å². The molecule has 2 rings (SSSR count). The maximum atomic E-state index is 11.6. The number of carbonyl (C=O) groups is 1. The molecule has 0 saturated heterocycles. The summed E-state index contributed by atoms with van der Waals surface area (Å²) in [5.41, 5.74) is -0.299. The summed E-state index contributed by atoms with van der Waals surface area (Å²) in [4.78, 5) is 11.6. The third kappa shape index (κ3) is 2.82. The topological polar surface area (TPSA) is 41.1 Å². The molecule has 2 N–H and O–H groups in total. The van der Waals surface area contributed by atoms with E-state index in [2.05, 4.69) is 10.6 Å². The van der Waals surface area contributed by atoms with E-state index in [0.29, 0.717) is 0 Å². The molecule has 2 aliphatic rings. The van der Waals surface area contributed by atoms with Crippen LogP contribution in [0.2, 0.25) is 0 Å². The van der Waals surface area contributed by atoms with Crippen LogP contribution in [0.25, 0.3) is 0 Å². The number of hydrogen-bond donors (Lipinski definition) is 2. The molecule has 1 amide bonds. The Bertz CT molecular complexity index is 288. The molecular formula is C14H26N2O. The molecule has 2 fully saturated rings. The Kier molecular flexibility index (Phi) is 3.76. The van der Waals surface area contributed by atoms with Crippen LogP contribution < -0.4 is 10.6 Å². The molecule has 3 unspecified atom stereocenters. The molecule has 0 radical (unpaired) electrons. The number of hydrogen-bond acceptors (Lipinski definition) is 2. The minimum absolute atomic E-state index is 0.123. The van der Waals surface area contributed by atoms with Crippen LogP contribution >= 0.6 is 0 Å². The van der Waals surface area contributed by atoms with Crippen molar-refractivity contribution in [3.8, 4) is 0 Å². The van der Waals surface area contributed by atoms with Crippen LogP contribution in [-0.4, -0.2) is 26.0 Å². The van der Waals surface area contributed by atoms with Crippen molar-refractivity contribution >= 4 is 5.91 Å². The SMILES string of the molecule is CNC(=O)C(C)(C)CNCC1CC2CCC1C2. The van der Waals surface area contributed by atoms with Crippen molar-refractivity contribution in [1.82, 2.24) is 10.6 Å². The zero-order chi connectivity index (χ0) is 12.5. The largest absolute Gasteiger partial charge is 0.359 e. The Balaban J connectivity index is 1.71. The van der Waals surface area contributed by atoms with Gasteiger partial charge in [-0.3, -0.25) is 4.79 Å². The van der Waals surface area contributed by atoms with Gasteiger partial charge in [0, 0.05) is 13.6 Å². The number of rotatable bonds is 5. The summed E-state index contributed by atoms with van der Waals surface area (Å²) >= 11 is 0. The summed E-state index contributed by atoms with van der Waals surface area (Å²) < 4.78 is 0. The highest BCUT2D eigenvalue weighted by Gasteiger charge is 2.39. The van der Waals surface area contributed by atoms with E-state index in [1.54, 1.807) is 7.05 Å². The molecular weight excluding hydrogens is 212 g/mol. The molecule has 0 spiro atoms. The van der Waals surface area contributed by atoms with Gasteiger partial charge in [0.2, 0.25) is 5.91 Å². The maximum absolute atomic E-state index is 11.6. The van der Waals surface area contributed by atoms with E-state index in [1.165, 1.54) is 25.7 Å². The average Bonchev–Trinajstić information content (AvgIpc) is 2.89. The van der Waals surface area contributed by atoms with E-state index in [9.17, 15) is 4.79 Å². The van der Waals surface area contributed by atoms with E-state index in [4.69, 9.17) is 0 Å². The molecule has 2 bridgehead atoms. The predicted octanol–water partition coefficient (Wildman–Crippen LogP) is 1.78. The van der Waals surface area contributed by atoms with Crippen LogP contribution in [0, 0.1) is 23.2 Å². The molecule has 0 heterocycles. The summed E-state index contributed by atoms with van der Waals surface area (Å²) in [5.74, 6) is 2.97. The summed E-state index contributed by atoms with van der Waals surface area (Å²) in [6, 6.07) is 0. The van der Waals surface area contributed by atoms with Gasteiger partial charge in [-0.1, -0.05) is 6.42 Å². The van der Waals surface area contributed by atoms with Gasteiger partial charge < -0.3 is 10.6 Å². The number of carbonyl (C=O) groups excluding carboxylic acids is 1. The van der Waals surface area contributed by atoms with Crippen molar-refractivity contribution < 1.29 is 4.79 Å². The van der Waals surface area contributed by atoms with E-state index in [0.717, 1.165) is 30.8 Å². The van der Waals surface area contributed by atoms with Gasteiger partial charge in [0.15, 0.2) is 0 Å². The molecule has 3 nitrogen and oxygen atoms in total.